The third-order valence-corrected chi connectivity index (χ3v) is 1.46. The average molecular weight is 342 g/mol. The predicted octanol–water partition coefficient (Wildman–Crippen LogP) is 3.42. The van der Waals surface area contributed by atoms with Crippen LogP contribution in [0.5, 0.6) is 0 Å². The molecule has 0 aliphatic rings. The van der Waals surface area contributed by atoms with Crippen molar-refractivity contribution in [2.75, 3.05) is 0 Å². The minimum absolute atomic E-state index is 0. The zero-order valence-corrected chi connectivity index (χ0v) is 11.4. The van der Waals surface area contributed by atoms with Gasteiger partial charge in [-0.25, -0.2) is 24.3 Å². The van der Waals surface area contributed by atoms with Crippen LogP contribution in [0.2, 0.25) is 0 Å². The van der Waals surface area contributed by atoms with Gasteiger partial charge < -0.3 is 30.3 Å². The topological polar surface area (TPSA) is 0 Å². The summed E-state index contributed by atoms with van der Waals surface area (Å²) in [6, 6.07) is 32.0. The van der Waals surface area contributed by atoms with Gasteiger partial charge in [-0.15, -0.1) is 0 Å². The second-order valence-electron chi connectivity index (χ2n) is 2.61. The Morgan fingerprint density at radius 3 is 1.12 bits per heavy atom. The molecule has 0 aliphatic carbocycles. The molecule has 0 aromatic heterocycles. The molecule has 0 aliphatic heterocycles. The van der Waals surface area contributed by atoms with E-state index in [0.717, 1.165) is 0 Å². The molecule has 0 saturated heterocycles. The van der Waals surface area contributed by atoms with Gasteiger partial charge in [-0.2, -0.15) is 36.4 Å². The molecule has 0 atom stereocenters. The van der Waals surface area contributed by atoms with Gasteiger partial charge in [0.15, 0.2) is 0 Å². The molecule has 3 aromatic carbocycles. The van der Waals surface area contributed by atoms with Crippen molar-refractivity contribution in [2.45, 2.75) is 0 Å². The smallest absolute Gasteiger partial charge is 0 e. The van der Waals surface area contributed by atoms with E-state index in [1.165, 1.54) is 0 Å². The van der Waals surface area contributed by atoms with E-state index in [1.807, 2.05) is 60.7 Å². The summed E-state index contributed by atoms with van der Waals surface area (Å²) in [6.45, 7) is 0. The number of hydrogen-bond acceptors (Lipinski definition) is 0. The van der Waals surface area contributed by atoms with E-state index < -0.39 is 0 Å². The standard InChI is InChI=1S/2C5H5.C5H.Sm/c3*1-2-4-5-3-1;/h2*1-5H;1H;/q2*-1;-5;. The monoisotopic (exact) mass is 343 g/mol. The Bertz CT molecular complexity index is 237. The molecule has 3 aromatic rings. The largest absolute Gasteiger partial charge is 0.999 e. The zero-order chi connectivity index (χ0) is 10.6. The van der Waals surface area contributed by atoms with Crippen molar-refractivity contribution in [3.8, 4) is 0 Å². The van der Waals surface area contributed by atoms with Gasteiger partial charge in [-0.3, -0.25) is 0 Å². The van der Waals surface area contributed by atoms with Crippen LogP contribution in [0.1, 0.15) is 0 Å². The molecule has 0 spiro atoms. The Hall–Kier alpha value is -0.612. The summed E-state index contributed by atoms with van der Waals surface area (Å²) in [7, 11) is 0. The van der Waals surface area contributed by atoms with Crippen LogP contribution in [0.4, 0.5) is 0 Å². The van der Waals surface area contributed by atoms with Crippen molar-refractivity contribution < 1.29 is 40.4 Å². The molecule has 0 unspecified atom stereocenters. The summed E-state index contributed by atoms with van der Waals surface area (Å²) < 4.78 is 0. The van der Waals surface area contributed by atoms with Crippen molar-refractivity contribution in [1.82, 2.24) is 0 Å². The van der Waals surface area contributed by atoms with Crippen LogP contribution in [0.25, 0.3) is 0 Å². The van der Waals surface area contributed by atoms with Crippen LogP contribution in [0.15, 0.2) is 66.7 Å². The molecule has 1 heteroatoms. The molecule has 0 nitrogen and oxygen atoms in total. The maximum Gasteiger partial charge on any atom is 0 e. The molecule has 84 valence electrons. The van der Waals surface area contributed by atoms with Crippen LogP contribution in [0, 0.1) is 64.7 Å². The predicted molar refractivity (Wildman–Crippen MR) is 61.4 cm³/mol. The van der Waals surface area contributed by atoms with Gasteiger partial charge in [0.1, 0.15) is 0 Å². The molecule has 0 radical (unpaired) electrons. The fourth-order valence-electron chi connectivity index (χ4n) is 0.822. The van der Waals surface area contributed by atoms with E-state index in [9.17, 15) is 0 Å². The normalized spacial score (nSPS) is 7.50. The summed E-state index contributed by atoms with van der Waals surface area (Å²) in [5.74, 6) is 0. The van der Waals surface area contributed by atoms with Gasteiger partial charge in [0.2, 0.25) is 0 Å². The zero-order valence-electron chi connectivity index (χ0n) is 8.76. The summed E-state index contributed by atoms with van der Waals surface area (Å²) in [5.41, 5.74) is 0. The van der Waals surface area contributed by atoms with Crippen molar-refractivity contribution in [2.24, 2.45) is 0 Å². The third kappa shape index (κ3) is 9.92. The molecule has 0 saturated carbocycles. The minimum Gasteiger partial charge on any atom is -0.999 e. The molecule has 0 heterocycles. The average Bonchev–Trinajstić information content (AvgIpc) is 3.09. The first-order valence-corrected chi connectivity index (χ1v) is 4.66. The van der Waals surface area contributed by atoms with Gasteiger partial charge in [-0.05, 0) is 0 Å². The summed E-state index contributed by atoms with van der Waals surface area (Å²) >= 11 is 0. The first-order chi connectivity index (χ1) is 7.50. The maximum absolute atomic E-state index is 2.62. The van der Waals surface area contributed by atoms with Crippen molar-refractivity contribution in [1.29, 1.82) is 0 Å². The number of rotatable bonds is 0. The molecule has 0 amide bonds. The summed E-state index contributed by atoms with van der Waals surface area (Å²) in [4.78, 5) is 0. The number of hydrogen-bond donors (Lipinski definition) is 0. The van der Waals surface area contributed by atoms with Gasteiger partial charge >= 0.3 is 0 Å². The van der Waals surface area contributed by atoms with Crippen molar-refractivity contribution in [3.05, 3.63) is 91.0 Å². The van der Waals surface area contributed by atoms with Gasteiger partial charge in [0.25, 0.3) is 0 Å². The Kier molecular flexibility index (Phi) is 12.0. The van der Waals surface area contributed by atoms with E-state index in [-0.39, 0.29) is 40.4 Å². The first-order valence-electron chi connectivity index (χ1n) is 4.66. The Labute approximate surface area is 130 Å². The van der Waals surface area contributed by atoms with Gasteiger partial charge in [0.05, 0.1) is 0 Å². The van der Waals surface area contributed by atoms with E-state index in [1.54, 1.807) is 6.07 Å². The van der Waals surface area contributed by atoms with E-state index >= 15 is 0 Å². The Morgan fingerprint density at radius 2 is 1.00 bits per heavy atom. The second-order valence-corrected chi connectivity index (χ2v) is 2.61. The van der Waals surface area contributed by atoms with Gasteiger partial charge in [0, 0.05) is 40.4 Å². The minimum atomic E-state index is 0. The van der Waals surface area contributed by atoms with Crippen LogP contribution in [-0.4, -0.2) is 0 Å². The van der Waals surface area contributed by atoms with Gasteiger partial charge in [-0.1, -0.05) is 0 Å². The quantitative estimate of drug-likeness (QED) is 0.550. The fraction of sp³-hybridized carbons (Fsp3) is 0. The van der Waals surface area contributed by atoms with Crippen LogP contribution < -0.4 is 0 Å². The molecule has 0 bridgehead atoms. The molecule has 0 N–H and O–H groups in total. The van der Waals surface area contributed by atoms with Crippen molar-refractivity contribution >= 4 is 0 Å². The molecule has 3 rings (SSSR count). The molecular formula is C15H11Sm-7. The second kappa shape index (κ2) is 12.5. The molecule has 0 fully saturated rings. The van der Waals surface area contributed by atoms with Crippen LogP contribution in [0.3, 0.4) is 0 Å². The van der Waals surface area contributed by atoms with Crippen LogP contribution in [-0.2, 0) is 0 Å². The Balaban J connectivity index is 0.000000205. The SMILES string of the molecule is [Sm].[c-]1[c-][c-][cH-][c-]1.c1cc[cH-]c1.c1cc[cH-]c1. The van der Waals surface area contributed by atoms with E-state index in [0.29, 0.717) is 0 Å². The third-order valence-electron chi connectivity index (χ3n) is 1.46. The van der Waals surface area contributed by atoms with Crippen molar-refractivity contribution in [3.63, 3.8) is 0 Å². The summed E-state index contributed by atoms with van der Waals surface area (Å²) in [6.07, 6.45) is 0. The Morgan fingerprint density at radius 1 is 0.625 bits per heavy atom. The van der Waals surface area contributed by atoms with E-state index in [2.05, 4.69) is 24.3 Å². The molecular weight excluding hydrogens is 331 g/mol. The van der Waals surface area contributed by atoms with E-state index in [4.69, 9.17) is 0 Å². The first kappa shape index (κ1) is 15.4. The summed E-state index contributed by atoms with van der Waals surface area (Å²) in [5, 5.41) is 0. The maximum atomic E-state index is 2.62. The van der Waals surface area contributed by atoms with Crippen LogP contribution >= 0.6 is 0 Å². The fourth-order valence-corrected chi connectivity index (χ4v) is 0.822. The molecule has 16 heavy (non-hydrogen) atoms.